The number of hydrogen-bond donors (Lipinski definition) is 2. The second-order valence-electron chi connectivity index (χ2n) is 7.91. The Kier molecular flexibility index (Phi) is 3.75. The van der Waals surface area contributed by atoms with E-state index in [0.29, 0.717) is 23.5 Å². The van der Waals surface area contributed by atoms with Crippen LogP contribution in [0.25, 0.3) is 0 Å². The SMILES string of the molecule is CO[C@H]1C[C@@]2(C)[C@@H](CC[C@@]2(O)I)[C@@H]2CCc3cc(O)ccc3[C@H]21. The Morgan fingerprint density at radius 2 is 2.09 bits per heavy atom. The molecule has 4 heteroatoms. The van der Waals surface area contributed by atoms with Crippen LogP contribution in [0.1, 0.15) is 49.7 Å². The lowest BCUT2D eigenvalue weighted by Gasteiger charge is -2.54. The van der Waals surface area contributed by atoms with Crippen molar-refractivity contribution in [3.8, 4) is 5.75 Å². The van der Waals surface area contributed by atoms with Gasteiger partial charge in [0.2, 0.25) is 0 Å². The molecule has 1 aromatic carbocycles. The number of methoxy groups -OCH3 is 1. The first-order valence-corrected chi connectivity index (χ1v) is 9.71. The molecule has 0 radical (unpaired) electrons. The van der Waals surface area contributed by atoms with E-state index in [-0.39, 0.29) is 11.5 Å². The fourth-order valence-corrected chi connectivity index (χ4v) is 6.73. The van der Waals surface area contributed by atoms with Crippen LogP contribution in [0.15, 0.2) is 18.2 Å². The molecule has 23 heavy (non-hydrogen) atoms. The van der Waals surface area contributed by atoms with Gasteiger partial charge in [-0.05, 0) is 89.8 Å². The van der Waals surface area contributed by atoms with Gasteiger partial charge in [-0.3, -0.25) is 0 Å². The second kappa shape index (κ2) is 5.33. The van der Waals surface area contributed by atoms with Crippen LogP contribution in [0.2, 0.25) is 0 Å². The van der Waals surface area contributed by atoms with Gasteiger partial charge in [-0.15, -0.1) is 0 Å². The standard InChI is InChI=1S/C19H25IO3/c1-18-10-16(23-2)17-13-6-4-12(21)9-11(13)3-5-14(17)15(18)7-8-19(18,20)22/h4,6,9,14-17,21-22H,3,5,7-8,10H2,1-2H3/t14-,15-,16-,17+,18-,19-/m0/s1. The number of benzene rings is 1. The number of fused-ring (bicyclic) bond motifs is 5. The van der Waals surface area contributed by atoms with E-state index in [1.54, 1.807) is 7.11 Å². The third-order valence-corrected chi connectivity index (χ3v) is 8.79. The Balaban J connectivity index is 1.79. The van der Waals surface area contributed by atoms with Gasteiger partial charge in [0.25, 0.3) is 0 Å². The predicted octanol–water partition coefficient (Wildman–Crippen LogP) is 4.00. The van der Waals surface area contributed by atoms with Crippen molar-refractivity contribution in [2.45, 2.75) is 54.7 Å². The molecule has 0 saturated heterocycles. The van der Waals surface area contributed by atoms with Crippen molar-refractivity contribution < 1.29 is 14.9 Å². The molecule has 3 aliphatic rings. The largest absolute Gasteiger partial charge is 0.508 e. The molecular weight excluding hydrogens is 403 g/mol. The maximum Gasteiger partial charge on any atom is 0.121 e. The summed E-state index contributed by atoms with van der Waals surface area (Å²) in [5, 5.41) is 20.8. The molecule has 2 N–H and O–H groups in total. The van der Waals surface area contributed by atoms with Gasteiger partial charge in [0.1, 0.15) is 9.36 Å². The summed E-state index contributed by atoms with van der Waals surface area (Å²) in [5.41, 5.74) is 2.57. The van der Waals surface area contributed by atoms with Gasteiger partial charge >= 0.3 is 0 Å². The molecule has 6 atom stereocenters. The third-order valence-electron chi connectivity index (χ3n) is 7.02. The van der Waals surface area contributed by atoms with Crippen LogP contribution in [-0.4, -0.2) is 27.0 Å². The Morgan fingerprint density at radius 3 is 2.83 bits per heavy atom. The molecule has 0 spiro atoms. The van der Waals surface area contributed by atoms with E-state index >= 15 is 0 Å². The van der Waals surface area contributed by atoms with Crippen LogP contribution in [0.4, 0.5) is 0 Å². The predicted molar refractivity (Wildman–Crippen MR) is 97.9 cm³/mol. The summed E-state index contributed by atoms with van der Waals surface area (Å²) in [4.78, 5) is 0. The van der Waals surface area contributed by atoms with Gasteiger partial charge in [0.05, 0.1) is 6.10 Å². The molecule has 126 valence electrons. The average molecular weight is 428 g/mol. The lowest BCUT2D eigenvalue weighted by Crippen LogP contribution is -2.53. The summed E-state index contributed by atoms with van der Waals surface area (Å²) < 4.78 is 5.32. The van der Waals surface area contributed by atoms with Crippen molar-refractivity contribution in [1.29, 1.82) is 0 Å². The minimum atomic E-state index is -0.619. The monoisotopic (exact) mass is 428 g/mol. The molecule has 0 heterocycles. The van der Waals surface area contributed by atoms with Crippen LogP contribution < -0.4 is 0 Å². The molecule has 4 rings (SSSR count). The molecule has 2 fully saturated rings. The fourth-order valence-electron chi connectivity index (χ4n) is 5.80. The highest BCUT2D eigenvalue weighted by molar-refractivity contribution is 14.1. The second-order valence-corrected chi connectivity index (χ2v) is 9.70. The maximum atomic E-state index is 11.0. The number of phenols is 1. The summed E-state index contributed by atoms with van der Waals surface area (Å²) in [6, 6.07) is 5.84. The van der Waals surface area contributed by atoms with Crippen molar-refractivity contribution in [2.75, 3.05) is 7.11 Å². The highest BCUT2D eigenvalue weighted by Gasteiger charge is 2.63. The average Bonchev–Trinajstić information content (AvgIpc) is 2.76. The summed E-state index contributed by atoms with van der Waals surface area (Å²) in [5.74, 6) is 1.88. The van der Waals surface area contributed by atoms with E-state index in [1.165, 1.54) is 11.1 Å². The van der Waals surface area contributed by atoms with Crippen molar-refractivity contribution in [3.05, 3.63) is 29.3 Å². The molecule has 0 amide bonds. The van der Waals surface area contributed by atoms with E-state index in [0.717, 1.165) is 32.1 Å². The summed E-state index contributed by atoms with van der Waals surface area (Å²) in [7, 11) is 1.81. The lowest BCUT2D eigenvalue weighted by atomic mass is 9.54. The molecule has 2 saturated carbocycles. The van der Waals surface area contributed by atoms with Crippen LogP contribution in [0.5, 0.6) is 5.75 Å². The number of phenolic OH excluding ortho intramolecular Hbond substituents is 1. The van der Waals surface area contributed by atoms with Crippen molar-refractivity contribution in [1.82, 2.24) is 0 Å². The third kappa shape index (κ3) is 2.20. The first-order valence-electron chi connectivity index (χ1n) is 8.63. The molecule has 0 aromatic heterocycles. The molecule has 1 aromatic rings. The Bertz CT molecular complexity index is 629. The Hall–Kier alpha value is -0.330. The number of halogens is 1. The van der Waals surface area contributed by atoms with Gasteiger partial charge in [-0.1, -0.05) is 13.0 Å². The number of rotatable bonds is 1. The van der Waals surface area contributed by atoms with E-state index in [9.17, 15) is 10.2 Å². The number of hydrogen-bond acceptors (Lipinski definition) is 3. The van der Waals surface area contributed by atoms with Crippen LogP contribution in [0.3, 0.4) is 0 Å². The van der Waals surface area contributed by atoms with Gasteiger partial charge < -0.3 is 14.9 Å². The van der Waals surface area contributed by atoms with Crippen LogP contribution in [-0.2, 0) is 11.2 Å². The fraction of sp³-hybridized carbons (Fsp3) is 0.684. The zero-order chi connectivity index (χ0) is 16.4. The van der Waals surface area contributed by atoms with Gasteiger partial charge in [-0.25, -0.2) is 0 Å². The molecule has 0 aliphatic heterocycles. The first kappa shape index (κ1) is 16.2. The number of alkyl halides is 1. The van der Waals surface area contributed by atoms with Gasteiger partial charge in [-0.2, -0.15) is 0 Å². The van der Waals surface area contributed by atoms with Crippen molar-refractivity contribution >= 4 is 22.6 Å². The lowest BCUT2D eigenvalue weighted by molar-refractivity contribution is -0.0984. The molecular formula is C19H25IO3. The van der Waals surface area contributed by atoms with E-state index < -0.39 is 3.61 Å². The Morgan fingerprint density at radius 1 is 1.30 bits per heavy atom. The molecule has 0 unspecified atom stereocenters. The van der Waals surface area contributed by atoms with Crippen LogP contribution in [0, 0.1) is 17.3 Å². The molecule has 3 aliphatic carbocycles. The van der Waals surface area contributed by atoms with Crippen molar-refractivity contribution in [2.24, 2.45) is 17.3 Å². The summed E-state index contributed by atoms with van der Waals surface area (Å²) >= 11 is 2.28. The van der Waals surface area contributed by atoms with Crippen LogP contribution >= 0.6 is 22.6 Å². The topological polar surface area (TPSA) is 49.7 Å². The summed E-state index contributed by atoms with van der Waals surface area (Å²) in [6.07, 6.45) is 5.21. The highest BCUT2D eigenvalue weighted by Crippen LogP contribution is 2.66. The first-order chi connectivity index (χ1) is 10.9. The number of aromatic hydroxyl groups is 1. The minimum absolute atomic E-state index is 0.0656. The highest BCUT2D eigenvalue weighted by atomic mass is 127. The summed E-state index contributed by atoms with van der Waals surface area (Å²) in [6.45, 7) is 2.27. The molecule has 3 nitrogen and oxygen atoms in total. The minimum Gasteiger partial charge on any atom is -0.508 e. The maximum absolute atomic E-state index is 11.0. The Labute approximate surface area is 151 Å². The van der Waals surface area contributed by atoms with Crippen molar-refractivity contribution in [3.63, 3.8) is 0 Å². The van der Waals surface area contributed by atoms with E-state index in [4.69, 9.17) is 4.74 Å². The van der Waals surface area contributed by atoms with Gasteiger partial charge in [0, 0.05) is 18.4 Å². The number of aliphatic hydroxyl groups is 1. The normalized spacial score (nSPS) is 45.2. The smallest absolute Gasteiger partial charge is 0.121 e. The van der Waals surface area contributed by atoms with E-state index in [2.05, 4.69) is 35.6 Å². The number of ether oxygens (including phenoxy) is 1. The number of aryl methyl sites for hydroxylation is 1. The zero-order valence-corrected chi connectivity index (χ0v) is 15.9. The molecule has 0 bridgehead atoms. The van der Waals surface area contributed by atoms with Gasteiger partial charge in [0.15, 0.2) is 0 Å². The van der Waals surface area contributed by atoms with E-state index in [1.807, 2.05) is 12.1 Å². The quantitative estimate of drug-likeness (QED) is 0.525. The zero-order valence-electron chi connectivity index (χ0n) is 13.8.